The van der Waals surface area contributed by atoms with E-state index >= 15 is 0 Å². The number of fused-ring (bicyclic) bond motifs is 1. The summed E-state index contributed by atoms with van der Waals surface area (Å²) < 4.78 is 29.4. The Labute approximate surface area is 229 Å². The lowest BCUT2D eigenvalue weighted by Gasteiger charge is -2.26. The van der Waals surface area contributed by atoms with Crippen molar-refractivity contribution >= 4 is 23.4 Å². The lowest BCUT2D eigenvalue weighted by molar-refractivity contribution is -0.140. The highest BCUT2D eigenvalue weighted by Gasteiger charge is 2.35. The number of carbonyl (C=O) groups is 1. The Hall–Kier alpha value is -4.15. The van der Waals surface area contributed by atoms with E-state index in [9.17, 15) is 9.59 Å². The second kappa shape index (κ2) is 12.6. The number of thiazole rings is 1. The largest absolute Gasteiger partial charge is 0.496 e. The number of hydrogen-bond donors (Lipinski definition) is 0. The molecule has 204 valence electrons. The highest BCUT2D eigenvalue weighted by atomic mass is 32.1. The summed E-state index contributed by atoms with van der Waals surface area (Å²) in [5.41, 5.74) is 1.69. The Kier molecular flexibility index (Phi) is 9.00. The van der Waals surface area contributed by atoms with E-state index in [1.807, 2.05) is 30.3 Å². The molecule has 0 saturated heterocycles. The summed E-state index contributed by atoms with van der Waals surface area (Å²) >= 11 is 1.22. The van der Waals surface area contributed by atoms with Gasteiger partial charge in [-0.25, -0.2) is 9.79 Å². The van der Waals surface area contributed by atoms with Gasteiger partial charge in [-0.1, -0.05) is 54.3 Å². The highest BCUT2D eigenvalue weighted by Crippen LogP contribution is 2.36. The molecule has 4 rings (SSSR count). The third-order valence-electron chi connectivity index (χ3n) is 6.06. The number of hydrogen-bond acceptors (Lipinski definition) is 9. The number of nitrogens with zero attached hydrogens (tertiary/aromatic N) is 2. The zero-order valence-electron chi connectivity index (χ0n) is 22.3. The molecule has 2 aromatic carbocycles. The topological polar surface area (TPSA) is 97.6 Å². The van der Waals surface area contributed by atoms with Gasteiger partial charge in [-0.05, 0) is 25.1 Å². The van der Waals surface area contributed by atoms with Crippen molar-refractivity contribution in [2.24, 2.45) is 4.99 Å². The van der Waals surface area contributed by atoms with E-state index in [2.05, 4.69) is 11.6 Å². The second-order valence-electron chi connectivity index (χ2n) is 8.43. The Morgan fingerprint density at radius 1 is 1.08 bits per heavy atom. The van der Waals surface area contributed by atoms with Gasteiger partial charge in [0.15, 0.2) is 16.3 Å². The summed E-state index contributed by atoms with van der Waals surface area (Å²) in [6.07, 6.45) is 3.37. The van der Waals surface area contributed by atoms with E-state index in [-0.39, 0.29) is 31.0 Å². The summed E-state index contributed by atoms with van der Waals surface area (Å²) in [5.74, 6) is 0.973. The predicted octanol–water partition coefficient (Wildman–Crippen LogP) is 3.01. The maximum atomic E-state index is 14.0. The average molecular weight is 551 g/mol. The molecule has 1 aliphatic rings. The van der Waals surface area contributed by atoms with Crippen molar-refractivity contribution in [3.05, 3.63) is 97.2 Å². The number of methoxy groups -OCH3 is 3. The minimum Gasteiger partial charge on any atom is -0.496 e. The van der Waals surface area contributed by atoms with Gasteiger partial charge in [0, 0.05) is 18.2 Å². The molecule has 0 radical (unpaired) electrons. The standard InChI is InChI=1S/C29H30N2O7S/c1-6-14-37-26-19(10-9-13-22(26)36-5)17-23-27(32)31-25(20-11-7-8-12-21(20)35-4)24(18(2)30-29(31)39-23)28(33)38-16-15-34-3/h6-13,17,25H,1,14-16H2,2-5H3. The molecule has 0 N–H and O–H groups in total. The molecule has 0 fully saturated rings. The van der Waals surface area contributed by atoms with Crippen LogP contribution in [0.4, 0.5) is 0 Å². The van der Waals surface area contributed by atoms with Gasteiger partial charge in [0.1, 0.15) is 25.0 Å². The fraction of sp³-hybridized carbons (Fsp3) is 0.276. The van der Waals surface area contributed by atoms with E-state index in [1.165, 1.54) is 23.0 Å². The molecule has 0 amide bonds. The first-order valence-electron chi connectivity index (χ1n) is 12.2. The third kappa shape index (κ3) is 5.67. The summed E-state index contributed by atoms with van der Waals surface area (Å²) in [4.78, 5) is 32.4. The first-order chi connectivity index (χ1) is 18.9. The molecule has 1 aliphatic heterocycles. The fourth-order valence-electron chi connectivity index (χ4n) is 4.31. The zero-order chi connectivity index (χ0) is 27.9. The summed E-state index contributed by atoms with van der Waals surface area (Å²) in [6.45, 7) is 6.02. The molecule has 0 spiro atoms. The van der Waals surface area contributed by atoms with E-state index in [4.69, 9.17) is 23.7 Å². The number of esters is 1. The van der Waals surface area contributed by atoms with Crippen LogP contribution in [-0.2, 0) is 14.3 Å². The lowest BCUT2D eigenvalue weighted by atomic mass is 9.95. The van der Waals surface area contributed by atoms with Crippen LogP contribution in [0.2, 0.25) is 0 Å². The number of benzene rings is 2. The second-order valence-corrected chi connectivity index (χ2v) is 9.44. The normalized spacial score (nSPS) is 14.9. The van der Waals surface area contributed by atoms with Crippen molar-refractivity contribution < 1.29 is 28.5 Å². The number of allylic oxidation sites excluding steroid dienone is 1. The fourth-order valence-corrected chi connectivity index (χ4v) is 5.35. The minimum absolute atomic E-state index is 0.0680. The SMILES string of the molecule is C=CCOc1c(C=c2sc3n(c2=O)C(c2ccccc2OC)C(C(=O)OCCOC)=C(C)N=3)cccc1OC. The molecular weight excluding hydrogens is 520 g/mol. The number of para-hydroxylation sites is 2. The number of carbonyl (C=O) groups excluding carboxylic acids is 1. The van der Waals surface area contributed by atoms with E-state index in [0.29, 0.717) is 43.4 Å². The van der Waals surface area contributed by atoms with Crippen LogP contribution in [0.5, 0.6) is 17.2 Å². The average Bonchev–Trinajstić information content (AvgIpc) is 3.25. The van der Waals surface area contributed by atoms with E-state index < -0.39 is 12.0 Å². The number of ether oxygens (including phenoxy) is 5. The van der Waals surface area contributed by atoms with Crippen LogP contribution in [-0.4, -0.2) is 51.7 Å². The van der Waals surface area contributed by atoms with Crippen LogP contribution < -0.4 is 29.1 Å². The minimum atomic E-state index is -0.809. The van der Waals surface area contributed by atoms with Gasteiger partial charge in [-0.15, -0.1) is 0 Å². The van der Waals surface area contributed by atoms with Crippen molar-refractivity contribution in [3.8, 4) is 17.2 Å². The van der Waals surface area contributed by atoms with Crippen LogP contribution in [0.25, 0.3) is 6.08 Å². The summed E-state index contributed by atoms with van der Waals surface area (Å²) in [6, 6.07) is 11.9. The first-order valence-corrected chi connectivity index (χ1v) is 13.0. The van der Waals surface area contributed by atoms with Gasteiger partial charge in [0.2, 0.25) is 0 Å². The van der Waals surface area contributed by atoms with Gasteiger partial charge in [-0.2, -0.15) is 0 Å². The van der Waals surface area contributed by atoms with E-state index in [1.54, 1.807) is 45.4 Å². The van der Waals surface area contributed by atoms with Gasteiger partial charge >= 0.3 is 5.97 Å². The quantitative estimate of drug-likeness (QED) is 0.206. The molecule has 2 heterocycles. The smallest absolute Gasteiger partial charge is 0.338 e. The number of aromatic nitrogens is 1. The molecule has 9 nitrogen and oxygen atoms in total. The van der Waals surface area contributed by atoms with Crippen LogP contribution in [0.3, 0.4) is 0 Å². The summed E-state index contributed by atoms with van der Waals surface area (Å²) in [7, 11) is 4.62. The van der Waals surface area contributed by atoms with Gasteiger partial charge in [0.25, 0.3) is 5.56 Å². The molecule has 0 aliphatic carbocycles. The Morgan fingerprint density at radius 3 is 2.54 bits per heavy atom. The molecule has 39 heavy (non-hydrogen) atoms. The van der Waals surface area contributed by atoms with Crippen LogP contribution >= 0.6 is 11.3 Å². The van der Waals surface area contributed by atoms with E-state index in [0.717, 1.165) is 0 Å². The van der Waals surface area contributed by atoms with Gasteiger partial charge in [0.05, 0.1) is 36.6 Å². The lowest BCUT2D eigenvalue weighted by Crippen LogP contribution is -2.40. The van der Waals surface area contributed by atoms with Gasteiger partial charge in [-0.3, -0.25) is 9.36 Å². The Balaban J connectivity index is 1.93. The highest BCUT2D eigenvalue weighted by molar-refractivity contribution is 7.07. The van der Waals surface area contributed by atoms with Crippen LogP contribution in [0.1, 0.15) is 24.1 Å². The molecule has 10 heteroatoms. The maximum absolute atomic E-state index is 14.0. The Bertz CT molecular complexity index is 1590. The van der Waals surface area contributed by atoms with Crippen molar-refractivity contribution in [3.63, 3.8) is 0 Å². The molecule has 1 unspecified atom stereocenters. The first kappa shape index (κ1) is 27.9. The van der Waals surface area contributed by atoms with Crippen molar-refractivity contribution in [1.82, 2.24) is 4.57 Å². The summed E-state index contributed by atoms with van der Waals surface area (Å²) in [5, 5.41) is 0. The van der Waals surface area contributed by atoms with Crippen molar-refractivity contribution in [2.75, 3.05) is 41.2 Å². The number of rotatable bonds is 11. The predicted molar refractivity (Wildman–Crippen MR) is 148 cm³/mol. The third-order valence-corrected chi connectivity index (χ3v) is 7.04. The van der Waals surface area contributed by atoms with Gasteiger partial charge < -0.3 is 23.7 Å². The molecule has 0 bridgehead atoms. The van der Waals surface area contributed by atoms with Crippen molar-refractivity contribution in [2.45, 2.75) is 13.0 Å². The Morgan fingerprint density at radius 2 is 1.82 bits per heavy atom. The molecule has 0 saturated carbocycles. The van der Waals surface area contributed by atoms with Crippen LogP contribution in [0, 0.1) is 0 Å². The van der Waals surface area contributed by atoms with Crippen molar-refractivity contribution in [1.29, 1.82) is 0 Å². The molecule has 3 aromatic rings. The molecule has 1 atom stereocenters. The molecule has 1 aromatic heterocycles. The molecular formula is C29H30N2O7S. The van der Waals surface area contributed by atoms with Crippen LogP contribution in [0.15, 0.2) is 76.2 Å². The monoisotopic (exact) mass is 550 g/mol. The zero-order valence-corrected chi connectivity index (χ0v) is 23.1. The maximum Gasteiger partial charge on any atom is 0.338 e.